The Hall–Kier alpha value is -1.11. The number of nitrogens with zero attached hydrogens (tertiary/aromatic N) is 1. The van der Waals surface area contributed by atoms with E-state index in [2.05, 4.69) is 15.9 Å². The first-order valence-electron chi connectivity index (χ1n) is 6.52. The van der Waals surface area contributed by atoms with Crippen LogP contribution in [0.2, 0.25) is 0 Å². The van der Waals surface area contributed by atoms with E-state index in [9.17, 15) is 9.90 Å². The zero-order valence-corrected chi connectivity index (χ0v) is 12.7. The molecule has 1 heterocycles. The van der Waals surface area contributed by atoms with Gasteiger partial charge in [-0.1, -0.05) is 46.3 Å². The normalized spacial score (nSPS) is 22.0. The van der Waals surface area contributed by atoms with Crippen molar-refractivity contribution in [1.82, 2.24) is 4.90 Å². The number of hydrogen-bond donors (Lipinski definition) is 1. The summed E-state index contributed by atoms with van der Waals surface area (Å²) in [5.41, 5.74) is 0.938. The van der Waals surface area contributed by atoms with Gasteiger partial charge >= 0.3 is 6.09 Å². The topological polar surface area (TPSA) is 59.0 Å². The maximum atomic E-state index is 11.9. The average Bonchev–Trinajstić information content (AvgIpc) is 2.85. The van der Waals surface area contributed by atoms with E-state index in [4.69, 9.17) is 9.47 Å². The number of amides is 1. The van der Waals surface area contributed by atoms with Crippen LogP contribution in [0.25, 0.3) is 0 Å². The van der Waals surface area contributed by atoms with Gasteiger partial charge in [-0.3, -0.25) is 0 Å². The lowest BCUT2D eigenvalue weighted by molar-refractivity contribution is -0.000972. The summed E-state index contributed by atoms with van der Waals surface area (Å²) in [6, 6.07) is 9.50. The fourth-order valence-electron chi connectivity index (χ4n) is 2.08. The van der Waals surface area contributed by atoms with E-state index in [1.165, 1.54) is 4.90 Å². The molecule has 1 fully saturated rings. The zero-order valence-electron chi connectivity index (χ0n) is 11.1. The Morgan fingerprint density at radius 3 is 2.80 bits per heavy atom. The van der Waals surface area contributed by atoms with E-state index in [-0.39, 0.29) is 19.3 Å². The fraction of sp³-hybridized carbons (Fsp3) is 0.500. The summed E-state index contributed by atoms with van der Waals surface area (Å²) in [6.07, 6.45) is -1.41. The number of β-amino-alcohol motifs (C(OH)–C–C–N with tert-alkyl or cyclic N) is 1. The summed E-state index contributed by atoms with van der Waals surface area (Å²) in [4.78, 5) is 13.4. The number of alkyl halides is 1. The molecule has 1 aliphatic rings. The first-order chi connectivity index (χ1) is 9.70. The molecule has 1 saturated heterocycles. The smallest absolute Gasteiger partial charge is 0.410 e. The summed E-state index contributed by atoms with van der Waals surface area (Å²) in [6.45, 7) is 1.36. The molecule has 1 aromatic rings. The van der Waals surface area contributed by atoms with Crippen molar-refractivity contribution >= 4 is 22.0 Å². The van der Waals surface area contributed by atoms with Gasteiger partial charge in [0.05, 0.1) is 25.8 Å². The molecule has 0 aliphatic carbocycles. The van der Waals surface area contributed by atoms with Gasteiger partial charge in [-0.2, -0.15) is 0 Å². The minimum Gasteiger partial charge on any atom is -0.445 e. The monoisotopic (exact) mass is 343 g/mol. The van der Waals surface area contributed by atoms with Gasteiger partial charge in [-0.05, 0) is 5.56 Å². The van der Waals surface area contributed by atoms with E-state index in [1.54, 1.807) is 0 Å². The molecule has 5 nitrogen and oxygen atoms in total. The molecule has 0 bridgehead atoms. The third-order valence-corrected chi connectivity index (χ3v) is 3.43. The lowest BCUT2D eigenvalue weighted by atomic mass is 10.2. The van der Waals surface area contributed by atoms with Crippen molar-refractivity contribution in [2.75, 3.05) is 25.0 Å². The van der Waals surface area contributed by atoms with Crippen molar-refractivity contribution in [2.24, 2.45) is 0 Å². The lowest BCUT2D eigenvalue weighted by Crippen LogP contribution is -2.30. The molecule has 1 N–H and O–H groups in total. The number of likely N-dealkylation sites (tertiary alicyclic amines) is 1. The van der Waals surface area contributed by atoms with E-state index in [0.29, 0.717) is 18.5 Å². The van der Waals surface area contributed by atoms with Crippen LogP contribution in [0.5, 0.6) is 0 Å². The van der Waals surface area contributed by atoms with E-state index < -0.39 is 12.2 Å². The molecule has 0 radical (unpaired) electrons. The Morgan fingerprint density at radius 2 is 2.10 bits per heavy atom. The number of aliphatic hydroxyl groups excluding tert-OH is 1. The highest BCUT2D eigenvalue weighted by atomic mass is 79.9. The molecular formula is C14H18BrNO4. The summed E-state index contributed by atoms with van der Waals surface area (Å²) in [5, 5.41) is 10.5. The Kier molecular flexibility index (Phi) is 5.82. The van der Waals surface area contributed by atoms with E-state index in [0.717, 1.165) is 5.56 Å². The van der Waals surface area contributed by atoms with Gasteiger partial charge in [0.2, 0.25) is 0 Å². The van der Waals surface area contributed by atoms with Gasteiger partial charge in [0.15, 0.2) is 0 Å². The molecule has 20 heavy (non-hydrogen) atoms. The maximum Gasteiger partial charge on any atom is 0.410 e. The fourth-order valence-corrected chi connectivity index (χ4v) is 2.26. The molecule has 0 spiro atoms. The largest absolute Gasteiger partial charge is 0.445 e. The SMILES string of the molecule is O=C(OCc1ccccc1)N1C[C@H](OCCBr)[C@@H](O)C1. The highest BCUT2D eigenvalue weighted by molar-refractivity contribution is 9.09. The Morgan fingerprint density at radius 1 is 1.35 bits per heavy atom. The van der Waals surface area contributed by atoms with Crippen molar-refractivity contribution in [3.05, 3.63) is 35.9 Å². The first kappa shape index (κ1) is 15.3. The quantitative estimate of drug-likeness (QED) is 0.828. The number of benzene rings is 1. The van der Waals surface area contributed by atoms with E-state index >= 15 is 0 Å². The number of ether oxygens (including phenoxy) is 2. The number of rotatable bonds is 5. The molecule has 1 aliphatic heterocycles. The third kappa shape index (κ3) is 4.19. The molecule has 2 rings (SSSR count). The number of carbonyl (C=O) groups is 1. The number of hydrogen-bond acceptors (Lipinski definition) is 4. The second-order valence-electron chi connectivity index (χ2n) is 4.61. The van der Waals surface area contributed by atoms with Gasteiger partial charge in [0.25, 0.3) is 0 Å². The van der Waals surface area contributed by atoms with Crippen LogP contribution in [0.1, 0.15) is 5.56 Å². The second-order valence-corrected chi connectivity index (χ2v) is 5.40. The van der Waals surface area contributed by atoms with Crippen molar-refractivity contribution < 1.29 is 19.4 Å². The van der Waals surface area contributed by atoms with Crippen LogP contribution in [0.15, 0.2) is 30.3 Å². The van der Waals surface area contributed by atoms with Crippen molar-refractivity contribution in [2.45, 2.75) is 18.8 Å². The summed E-state index contributed by atoms with van der Waals surface area (Å²) in [5.74, 6) is 0. The summed E-state index contributed by atoms with van der Waals surface area (Å²) >= 11 is 3.26. The Bertz CT molecular complexity index is 428. The first-order valence-corrected chi connectivity index (χ1v) is 7.64. The van der Waals surface area contributed by atoms with Crippen LogP contribution < -0.4 is 0 Å². The van der Waals surface area contributed by atoms with Crippen molar-refractivity contribution in [3.63, 3.8) is 0 Å². The number of halogens is 1. The van der Waals surface area contributed by atoms with Gasteiger partial charge in [0.1, 0.15) is 12.7 Å². The van der Waals surface area contributed by atoms with Crippen LogP contribution in [0.3, 0.4) is 0 Å². The summed E-state index contributed by atoms with van der Waals surface area (Å²) in [7, 11) is 0. The minimum absolute atomic E-state index is 0.235. The molecule has 6 heteroatoms. The van der Waals surface area contributed by atoms with E-state index in [1.807, 2.05) is 30.3 Å². The lowest BCUT2D eigenvalue weighted by Gasteiger charge is -2.16. The highest BCUT2D eigenvalue weighted by Crippen LogP contribution is 2.15. The number of carbonyl (C=O) groups excluding carboxylic acids is 1. The predicted molar refractivity (Wildman–Crippen MR) is 77.7 cm³/mol. The minimum atomic E-state index is -0.654. The maximum absolute atomic E-state index is 11.9. The van der Waals surface area contributed by atoms with Crippen molar-refractivity contribution in [1.29, 1.82) is 0 Å². The van der Waals surface area contributed by atoms with Crippen LogP contribution in [-0.2, 0) is 16.1 Å². The van der Waals surface area contributed by atoms with Crippen LogP contribution in [0.4, 0.5) is 4.79 Å². The number of aliphatic hydroxyl groups is 1. The average molecular weight is 344 g/mol. The van der Waals surface area contributed by atoms with Crippen molar-refractivity contribution in [3.8, 4) is 0 Å². The molecule has 0 saturated carbocycles. The molecule has 0 aromatic heterocycles. The van der Waals surface area contributed by atoms with Crippen LogP contribution >= 0.6 is 15.9 Å². The van der Waals surface area contributed by atoms with Crippen LogP contribution in [-0.4, -0.2) is 53.3 Å². The summed E-state index contributed by atoms with van der Waals surface area (Å²) < 4.78 is 10.7. The van der Waals surface area contributed by atoms with Gasteiger partial charge in [0, 0.05) is 5.33 Å². The highest BCUT2D eigenvalue weighted by Gasteiger charge is 2.35. The molecule has 1 aromatic carbocycles. The van der Waals surface area contributed by atoms with Gasteiger partial charge in [-0.25, -0.2) is 4.79 Å². The molecule has 110 valence electrons. The second kappa shape index (κ2) is 7.61. The Labute approximate surface area is 126 Å². The Balaban J connectivity index is 1.79. The predicted octanol–water partition coefficient (Wildman–Crippen LogP) is 1.78. The zero-order chi connectivity index (χ0) is 14.4. The molecule has 2 atom stereocenters. The van der Waals surface area contributed by atoms with Gasteiger partial charge < -0.3 is 19.5 Å². The molecule has 1 amide bonds. The molecular weight excluding hydrogens is 326 g/mol. The van der Waals surface area contributed by atoms with Crippen LogP contribution in [0, 0.1) is 0 Å². The third-order valence-electron chi connectivity index (χ3n) is 3.11. The van der Waals surface area contributed by atoms with Gasteiger partial charge in [-0.15, -0.1) is 0 Å². The molecule has 0 unspecified atom stereocenters. The standard InChI is InChI=1S/C14H18BrNO4/c15-6-7-19-13-9-16(8-12(13)17)14(18)20-10-11-4-2-1-3-5-11/h1-5,12-13,17H,6-10H2/t12-,13-/m0/s1.